The predicted octanol–water partition coefficient (Wildman–Crippen LogP) is 2.58. The van der Waals surface area contributed by atoms with Gasteiger partial charge in [0.05, 0.1) is 13.2 Å². The zero-order valence-corrected chi connectivity index (χ0v) is 19.2. The molecule has 5 rings (SSSR count). The van der Waals surface area contributed by atoms with Gasteiger partial charge >= 0.3 is 0 Å². The molecule has 2 aliphatic rings. The van der Waals surface area contributed by atoms with Crippen LogP contribution in [0.2, 0.25) is 0 Å². The maximum absolute atomic E-state index is 5.49. The van der Waals surface area contributed by atoms with E-state index in [0.717, 1.165) is 75.5 Å². The van der Waals surface area contributed by atoms with Crippen molar-refractivity contribution in [2.24, 2.45) is 0 Å². The largest absolute Gasteiger partial charge is 0.378 e. The quantitative estimate of drug-likeness (QED) is 0.524. The fourth-order valence-corrected chi connectivity index (χ4v) is 4.10. The minimum atomic E-state index is 0.556. The van der Waals surface area contributed by atoms with Gasteiger partial charge in [-0.25, -0.2) is 0 Å². The van der Waals surface area contributed by atoms with E-state index in [0.29, 0.717) is 11.8 Å². The lowest BCUT2D eigenvalue weighted by Crippen LogP contribution is -2.44. The highest BCUT2D eigenvalue weighted by Gasteiger charge is 2.18. The van der Waals surface area contributed by atoms with E-state index in [-0.39, 0.29) is 0 Å². The van der Waals surface area contributed by atoms with Crippen molar-refractivity contribution in [3.63, 3.8) is 0 Å². The van der Waals surface area contributed by atoms with Gasteiger partial charge in [-0.1, -0.05) is 6.07 Å². The smallest absolute Gasteiger partial charge is 0.231 e. The number of anilines is 6. The van der Waals surface area contributed by atoms with Crippen LogP contribution in [0.15, 0.2) is 36.4 Å². The minimum Gasteiger partial charge on any atom is -0.378 e. The van der Waals surface area contributed by atoms with Gasteiger partial charge in [0.1, 0.15) is 11.6 Å². The number of ether oxygens (including phenoxy) is 1. The molecule has 0 spiro atoms. The van der Waals surface area contributed by atoms with Crippen LogP contribution in [0.3, 0.4) is 0 Å². The number of nitrogens with one attached hydrogen (secondary N) is 3. The summed E-state index contributed by atoms with van der Waals surface area (Å²) in [5.41, 5.74) is 3.11. The highest BCUT2D eigenvalue weighted by Crippen LogP contribution is 2.26. The molecule has 0 bridgehead atoms. The maximum atomic E-state index is 5.49. The highest BCUT2D eigenvalue weighted by atomic mass is 16.5. The summed E-state index contributed by atoms with van der Waals surface area (Å²) in [6, 6.07) is 12.3. The third kappa shape index (κ3) is 5.35. The van der Waals surface area contributed by atoms with Gasteiger partial charge < -0.3 is 30.1 Å². The molecular weight excluding hydrogens is 418 g/mol. The number of H-pyrrole nitrogens is 1. The number of aryl methyl sites for hydroxylation is 1. The van der Waals surface area contributed by atoms with Crippen molar-refractivity contribution in [3.8, 4) is 0 Å². The molecule has 0 atom stereocenters. The van der Waals surface area contributed by atoms with Crippen molar-refractivity contribution >= 4 is 34.8 Å². The predicted molar refractivity (Wildman–Crippen MR) is 131 cm³/mol. The Morgan fingerprint density at radius 2 is 1.70 bits per heavy atom. The zero-order valence-electron chi connectivity index (χ0n) is 19.2. The Labute approximate surface area is 194 Å². The fraction of sp³-hybridized carbons (Fsp3) is 0.435. The van der Waals surface area contributed by atoms with Crippen LogP contribution >= 0.6 is 0 Å². The first kappa shape index (κ1) is 21.5. The average Bonchev–Trinajstić information content (AvgIpc) is 3.24. The second kappa shape index (κ2) is 9.63. The molecular formula is C23H31N9O. The van der Waals surface area contributed by atoms with Gasteiger partial charge in [0.2, 0.25) is 5.95 Å². The molecule has 0 amide bonds. The van der Waals surface area contributed by atoms with Crippen LogP contribution < -0.4 is 20.4 Å². The average molecular weight is 450 g/mol. The Bertz CT molecular complexity index is 1070. The number of hydrogen-bond acceptors (Lipinski definition) is 9. The van der Waals surface area contributed by atoms with E-state index in [1.165, 1.54) is 5.69 Å². The van der Waals surface area contributed by atoms with Crippen molar-refractivity contribution in [1.82, 2.24) is 25.1 Å². The third-order valence-corrected chi connectivity index (χ3v) is 5.98. The van der Waals surface area contributed by atoms with Gasteiger partial charge in [0.15, 0.2) is 5.82 Å². The SMILES string of the molecule is Cc1cc(Nc2cc(N3CCN(C)CC3)nc(Nc3cccc(N4CCOCC4)c3)n2)n[nH]1. The number of rotatable bonds is 6. The van der Waals surface area contributed by atoms with Crippen molar-refractivity contribution in [2.45, 2.75) is 6.92 Å². The van der Waals surface area contributed by atoms with E-state index in [4.69, 9.17) is 14.7 Å². The van der Waals surface area contributed by atoms with Gasteiger partial charge in [0.25, 0.3) is 0 Å². The summed E-state index contributed by atoms with van der Waals surface area (Å²) < 4.78 is 5.49. The maximum Gasteiger partial charge on any atom is 0.231 e. The monoisotopic (exact) mass is 449 g/mol. The van der Waals surface area contributed by atoms with E-state index in [1.54, 1.807) is 0 Å². The Morgan fingerprint density at radius 1 is 0.879 bits per heavy atom. The zero-order chi connectivity index (χ0) is 22.6. The van der Waals surface area contributed by atoms with E-state index < -0.39 is 0 Å². The molecule has 174 valence electrons. The number of aromatic nitrogens is 4. The molecule has 2 fully saturated rings. The molecule has 2 aromatic heterocycles. The summed E-state index contributed by atoms with van der Waals surface area (Å²) in [4.78, 5) is 16.6. The molecule has 1 aromatic carbocycles. The van der Waals surface area contributed by atoms with Gasteiger partial charge in [-0.05, 0) is 32.2 Å². The summed E-state index contributed by atoms with van der Waals surface area (Å²) >= 11 is 0. The normalized spacial score (nSPS) is 17.3. The number of aromatic amines is 1. The first-order valence-corrected chi connectivity index (χ1v) is 11.4. The van der Waals surface area contributed by atoms with E-state index >= 15 is 0 Å². The van der Waals surface area contributed by atoms with Crippen molar-refractivity contribution in [2.75, 3.05) is 80.0 Å². The highest BCUT2D eigenvalue weighted by molar-refractivity contribution is 5.66. The second-order valence-electron chi connectivity index (χ2n) is 8.56. The topological polar surface area (TPSA) is 97.5 Å². The lowest BCUT2D eigenvalue weighted by Gasteiger charge is -2.33. The third-order valence-electron chi connectivity index (χ3n) is 5.98. The Kier molecular flexibility index (Phi) is 6.27. The van der Waals surface area contributed by atoms with Crippen LogP contribution in [0.5, 0.6) is 0 Å². The van der Waals surface area contributed by atoms with Crippen LogP contribution in [0.25, 0.3) is 0 Å². The van der Waals surface area contributed by atoms with Crippen LogP contribution in [-0.4, -0.2) is 84.6 Å². The molecule has 0 aliphatic carbocycles. The Hall–Kier alpha value is -3.37. The summed E-state index contributed by atoms with van der Waals surface area (Å²) in [5.74, 6) is 2.90. The van der Waals surface area contributed by atoms with Crippen LogP contribution in [0.1, 0.15) is 5.69 Å². The minimum absolute atomic E-state index is 0.556. The second-order valence-corrected chi connectivity index (χ2v) is 8.56. The summed E-state index contributed by atoms with van der Waals surface area (Å²) in [6.45, 7) is 9.17. The summed E-state index contributed by atoms with van der Waals surface area (Å²) in [5, 5.41) is 14.0. The Balaban J connectivity index is 1.40. The molecule has 10 heteroatoms. The lowest BCUT2D eigenvalue weighted by atomic mass is 10.2. The molecule has 2 saturated heterocycles. The molecule has 0 unspecified atom stereocenters. The van der Waals surface area contributed by atoms with E-state index in [9.17, 15) is 0 Å². The molecule has 2 aliphatic heterocycles. The number of nitrogens with zero attached hydrogens (tertiary/aromatic N) is 6. The number of benzene rings is 1. The number of likely N-dealkylation sites (N-methyl/N-ethyl adjacent to an activating group) is 1. The number of piperazine rings is 1. The molecule has 4 heterocycles. The summed E-state index contributed by atoms with van der Waals surface area (Å²) in [6.07, 6.45) is 0. The number of hydrogen-bond donors (Lipinski definition) is 3. The van der Waals surface area contributed by atoms with E-state index in [1.807, 2.05) is 25.1 Å². The Morgan fingerprint density at radius 3 is 2.45 bits per heavy atom. The van der Waals surface area contributed by atoms with Gasteiger partial charge in [0, 0.05) is 68.5 Å². The van der Waals surface area contributed by atoms with Crippen LogP contribution in [0.4, 0.5) is 34.8 Å². The number of morpholine rings is 1. The standard InChI is InChI=1S/C23H31N9O/c1-17-14-21(29-28-17)25-20-16-22(32-8-6-30(2)7-9-32)27-23(26-20)24-18-4-3-5-19(15-18)31-10-12-33-13-11-31/h3-5,14-16H,6-13H2,1-2H3,(H3,24,25,26,27,28,29). The van der Waals surface area contributed by atoms with Gasteiger partial charge in [-0.2, -0.15) is 15.1 Å². The van der Waals surface area contributed by atoms with E-state index in [2.05, 4.69) is 60.8 Å². The fourth-order valence-electron chi connectivity index (χ4n) is 4.10. The molecule has 33 heavy (non-hydrogen) atoms. The molecule has 3 N–H and O–H groups in total. The lowest BCUT2D eigenvalue weighted by molar-refractivity contribution is 0.122. The molecule has 10 nitrogen and oxygen atoms in total. The molecule has 3 aromatic rings. The molecule has 0 saturated carbocycles. The van der Waals surface area contributed by atoms with Crippen LogP contribution in [0, 0.1) is 6.92 Å². The van der Waals surface area contributed by atoms with Crippen molar-refractivity contribution in [3.05, 3.63) is 42.1 Å². The van der Waals surface area contributed by atoms with Crippen molar-refractivity contribution < 1.29 is 4.74 Å². The van der Waals surface area contributed by atoms with Gasteiger partial charge in [-0.15, -0.1) is 0 Å². The van der Waals surface area contributed by atoms with Gasteiger partial charge in [-0.3, -0.25) is 5.10 Å². The van der Waals surface area contributed by atoms with Crippen molar-refractivity contribution in [1.29, 1.82) is 0 Å². The first-order chi connectivity index (χ1) is 16.1. The molecule has 0 radical (unpaired) electrons. The first-order valence-electron chi connectivity index (χ1n) is 11.4. The summed E-state index contributed by atoms with van der Waals surface area (Å²) in [7, 11) is 2.15. The van der Waals surface area contributed by atoms with Crippen LogP contribution in [-0.2, 0) is 4.74 Å².